The molecule has 0 unspecified atom stereocenters. The highest BCUT2D eigenvalue weighted by Crippen LogP contribution is 2.33. The molecule has 0 spiro atoms. The summed E-state index contributed by atoms with van der Waals surface area (Å²) in [5.41, 5.74) is 2.03. The summed E-state index contributed by atoms with van der Waals surface area (Å²) in [6, 6.07) is 7.22. The van der Waals surface area contributed by atoms with Gasteiger partial charge in [0.25, 0.3) is 11.6 Å². The molecule has 1 aliphatic heterocycles. The zero-order chi connectivity index (χ0) is 24.2. The fraction of sp³-hybridized carbons (Fsp3) is 0.300. The van der Waals surface area contributed by atoms with Gasteiger partial charge in [0.05, 0.1) is 41.9 Å². The van der Waals surface area contributed by atoms with E-state index in [0.717, 1.165) is 10.5 Å². The number of nitro groups is 1. The van der Waals surface area contributed by atoms with Crippen molar-refractivity contribution < 1.29 is 27.6 Å². The van der Waals surface area contributed by atoms with E-state index in [1.807, 2.05) is 0 Å². The lowest BCUT2D eigenvalue weighted by atomic mass is 10.1. The number of nitrogens with one attached hydrogen (secondary N) is 1. The maximum atomic E-state index is 13.0. The van der Waals surface area contributed by atoms with Gasteiger partial charge >= 0.3 is 0 Å². The van der Waals surface area contributed by atoms with Gasteiger partial charge in [-0.15, -0.1) is 0 Å². The number of carbonyl (C=O) groups excluding carboxylic acids is 1. The van der Waals surface area contributed by atoms with E-state index in [-0.39, 0.29) is 34.2 Å². The van der Waals surface area contributed by atoms with Gasteiger partial charge < -0.3 is 9.47 Å². The van der Waals surface area contributed by atoms with Crippen molar-refractivity contribution in [2.75, 3.05) is 20.8 Å². The quantitative estimate of drug-likeness (QED) is 0.336. The summed E-state index contributed by atoms with van der Waals surface area (Å²) in [7, 11) is -1.19. The van der Waals surface area contributed by atoms with Crippen LogP contribution in [-0.2, 0) is 14.8 Å². The number of rotatable bonds is 8. The molecule has 1 heterocycles. The number of halogens is 1. The molecule has 0 radical (unpaired) electrons. The zero-order valence-electron chi connectivity index (χ0n) is 17.7. The molecule has 0 aromatic heterocycles. The second-order valence-electron chi connectivity index (χ2n) is 6.99. The molecular weight excluding hydrogens is 476 g/mol. The Kier molecular flexibility index (Phi) is 7.51. The summed E-state index contributed by atoms with van der Waals surface area (Å²) in [5, 5.41) is 15.6. The summed E-state index contributed by atoms with van der Waals surface area (Å²) < 4.78 is 37.3. The maximum absolute atomic E-state index is 13.0. The number of nitrogens with zero attached hydrogens (tertiary/aromatic N) is 3. The van der Waals surface area contributed by atoms with Crippen LogP contribution in [0, 0.1) is 10.1 Å². The highest BCUT2D eigenvalue weighted by atomic mass is 35.5. The number of hydrazone groups is 1. The Morgan fingerprint density at radius 1 is 1.24 bits per heavy atom. The molecule has 33 heavy (non-hydrogen) atoms. The number of sulfonamides is 1. The SMILES string of the molecule is COc1cc(/C=N\NC(=O)[C@H]2CCCN2S(=O)(=O)c2ccc(Cl)cc2)c([N+](=O)[O-])cc1OC. The van der Waals surface area contributed by atoms with Crippen LogP contribution in [0.2, 0.25) is 5.02 Å². The molecule has 1 fully saturated rings. The van der Waals surface area contributed by atoms with Crippen LogP contribution >= 0.6 is 11.6 Å². The molecule has 1 aliphatic rings. The number of nitro benzene ring substituents is 1. The van der Waals surface area contributed by atoms with Crippen LogP contribution in [0.5, 0.6) is 11.5 Å². The van der Waals surface area contributed by atoms with Gasteiger partial charge in [-0.05, 0) is 43.2 Å². The number of amides is 1. The molecule has 2 aromatic rings. The predicted molar refractivity (Wildman–Crippen MR) is 120 cm³/mol. The van der Waals surface area contributed by atoms with Crippen LogP contribution in [0.3, 0.4) is 0 Å². The summed E-state index contributed by atoms with van der Waals surface area (Å²) >= 11 is 5.83. The van der Waals surface area contributed by atoms with Gasteiger partial charge in [0.15, 0.2) is 11.5 Å². The van der Waals surface area contributed by atoms with E-state index in [1.54, 1.807) is 0 Å². The molecule has 1 atom stereocenters. The first-order chi connectivity index (χ1) is 15.7. The molecule has 0 bridgehead atoms. The first kappa shape index (κ1) is 24.4. The number of carbonyl (C=O) groups is 1. The number of benzene rings is 2. The summed E-state index contributed by atoms with van der Waals surface area (Å²) in [6.07, 6.45) is 1.89. The molecule has 1 amide bonds. The van der Waals surface area contributed by atoms with Gasteiger partial charge in [0, 0.05) is 11.6 Å². The smallest absolute Gasteiger partial charge is 0.282 e. The molecule has 13 heteroatoms. The number of methoxy groups -OCH3 is 2. The first-order valence-electron chi connectivity index (χ1n) is 9.69. The van der Waals surface area contributed by atoms with Crippen molar-refractivity contribution in [3.63, 3.8) is 0 Å². The normalized spacial score (nSPS) is 16.6. The van der Waals surface area contributed by atoms with Crippen LogP contribution in [0.25, 0.3) is 0 Å². The average Bonchev–Trinajstić information content (AvgIpc) is 3.30. The minimum absolute atomic E-state index is 0.0241. The fourth-order valence-corrected chi connectivity index (χ4v) is 5.20. The molecule has 2 aromatic carbocycles. The van der Waals surface area contributed by atoms with Gasteiger partial charge in [-0.25, -0.2) is 13.8 Å². The third kappa shape index (κ3) is 5.24. The summed E-state index contributed by atoms with van der Waals surface area (Å²) in [4.78, 5) is 23.5. The molecular formula is C20H21ClN4O7S. The zero-order valence-corrected chi connectivity index (χ0v) is 19.3. The van der Waals surface area contributed by atoms with E-state index < -0.39 is 26.9 Å². The lowest BCUT2D eigenvalue weighted by Crippen LogP contribution is -2.44. The van der Waals surface area contributed by atoms with Crippen molar-refractivity contribution in [3.05, 3.63) is 57.1 Å². The minimum Gasteiger partial charge on any atom is -0.493 e. The largest absolute Gasteiger partial charge is 0.493 e. The maximum Gasteiger partial charge on any atom is 0.282 e. The van der Waals surface area contributed by atoms with Crippen LogP contribution in [0.15, 0.2) is 46.4 Å². The van der Waals surface area contributed by atoms with Crippen molar-refractivity contribution >= 4 is 39.4 Å². The molecule has 0 aliphatic carbocycles. The van der Waals surface area contributed by atoms with Gasteiger partial charge in [0.1, 0.15) is 6.04 Å². The average molecular weight is 497 g/mol. The van der Waals surface area contributed by atoms with Crippen molar-refractivity contribution in [2.45, 2.75) is 23.8 Å². The monoisotopic (exact) mass is 496 g/mol. The molecule has 1 N–H and O–H groups in total. The highest BCUT2D eigenvalue weighted by Gasteiger charge is 2.39. The van der Waals surface area contributed by atoms with Crippen molar-refractivity contribution in [1.29, 1.82) is 0 Å². The van der Waals surface area contributed by atoms with Crippen molar-refractivity contribution in [2.24, 2.45) is 5.10 Å². The van der Waals surface area contributed by atoms with E-state index in [2.05, 4.69) is 10.5 Å². The Bertz CT molecular complexity index is 1190. The second-order valence-corrected chi connectivity index (χ2v) is 9.31. The fourth-order valence-electron chi connectivity index (χ4n) is 3.42. The van der Waals surface area contributed by atoms with E-state index in [0.29, 0.717) is 17.9 Å². The van der Waals surface area contributed by atoms with Crippen LogP contribution in [0.4, 0.5) is 5.69 Å². The highest BCUT2D eigenvalue weighted by molar-refractivity contribution is 7.89. The number of hydrogen-bond acceptors (Lipinski definition) is 8. The summed E-state index contributed by atoms with van der Waals surface area (Å²) in [6.45, 7) is 0.175. The molecule has 11 nitrogen and oxygen atoms in total. The standard InChI is InChI=1S/C20H21ClN4O7S/c1-31-18-10-13(17(25(27)28)11-19(18)32-2)12-22-23-20(26)16-4-3-9-24(16)33(29,30)15-7-5-14(21)6-8-15/h5-8,10-12,16H,3-4,9H2,1-2H3,(H,23,26)/b22-12-/t16-/m1/s1. The molecule has 176 valence electrons. The lowest BCUT2D eigenvalue weighted by Gasteiger charge is -2.22. The van der Waals surface area contributed by atoms with E-state index in [1.165, 1.54) is 50.6 Å². The molecule has 0 saturated carbocycles. The Balaban J connectivity index is 1.79. The second kappa shape index (κ2) is 10.1. The lowest BCUT2D eigenvalue weighted by molar-refractivity contribution is -0.385. The molecule has 3 rings (SSSR count). The Hall–Kier alpha value is -3.22. The van der Waals surface area contributed by atoms with Crippen LogP contribution in [-0.4, -0.2) is 56.6 Å². The Labute approximate surface area is 195 Å². The Morgan fingerprint density at radius 2 is 1.88 bits per heavy atom. The topological polar surface area (TPSA) is 140 Å². The minimum atomic E-state index is -3.92. The Morgan fingerprint density at radius 3 is 2.48 bits per heavy atom. The van der Waals surface area contributed by atoms with Crippen LogP contribution < -0.4 is 14.9 Å². The number of ether oxygens (including phenoxy) is 2. The third-order valence-electron chi connectivity index (χ3n) is 5.03. The van der Waals surface area contributed by atoms with E-state index in [9.17, 15) is 23.3 Å². The van der Waals surface area contributed by atoms with Crippen LogP contribution in [0.1, 0.15) is 18.4 Å². The number of hydrogen-bond donors (Lipinski definition) is 1. The molecule has 1 saturated heterocycles. The van der Waals surface area contributed by atoms with Crippen molar-refractivity contribution in [3.8, 4) is 11.5 Å². The predicted octanol–water partition coefficient (Wildman–Crippen LogP) is 2.57. The van der Waals surface area contributed by atoms with Gasteiger partial charge in [0.2, 0.25) is 10.0 Å². The van der Waals surface area contributed by atoms with Gasteiger partial charge in [-0.2, -0.15) is 9.41 Å². The van der Waals surface area contributed by atoms with Gasteiger partial charge in [-0.1, -0.05) is 11.6 Å². The summed E-state index contributed by atoms with van der Waals surface area (Å²) in [5.74, 6) is -0.240. The van der Waals surface area contributed by atoms with Crippen molar-refractivity contribution in [1.82, 2.24) is 9.73 Å². The van der Waals surface area contributed by atoms with E-state index in [4.69, 9.17) is 21.1 Å². The van der Waals surface area contributed by atoms with Gasteiger partial charge in [-0.3, -0.25) is 14.9 Å². The third-order valence-corrected chi connectivity index (χ3v) is 7.21. The van der Waals surface area contributed by atoms with E-state index >= 15 is 0 Å². The first-order valence-corrected chi connectivity index (χ1v) is 11.5.